The van der Waals surface area contributed by atoms with E-state index >= 15 is 0 Å². The molecule has 1 unspecified atom stereocenters. The van der Waals surface area contributed by atoms with Crippen molar-refractivity contribution in [3.63, 3.8) is 0 Å². The Kier molecular flexibility index (Phi) is 3.26. The van der Waals surface area contributed by atoms with Crippen LogP contribution in [-0.4, -0.2) is 26.1 Å². The molecule has 0 spiro atoms. The van der Waals surface area contributed by atoms with Crippen LogP contribution in [0.5, 0.6) is 0 Å². The van der Waals surface area contributed by atoms with E-state index in [2.05, 4.69) is 4.98 Å². The summed E-state index contributed by atoms with van der Waals surface area (Å²) in [4.78, 5) is 31.4. The highest BCUT2D eigenvalue weighted by Crippen LogP contribution is 2.32. The predicted octanol–water partition coefficient (Wildman–Crippen LogP) is 1.71. The van der Waals surface area contributed by atoms with Crippen LogP contribution in [0.3, 0.4) is 0 Å². The first-order valence-corrected chi connectivity index (χ1v) is 7.98. The number of pyridine rings is 1. The van der Waals surface area contributed by atoms with Crippen LogP contribution in [0.2, 0.25) is 0 Å². The topological polar surface area (TPSA) is 60.1 Å². The Bertz CT molecular complexity index is 1000. The minimum absolute atomic E-state index is 0.0144. The van der Waals surface area contributed by atoms with E-state index < -0.39 is 0 Å². The van der Waals surface area contributed by atoms with E-state index in [0.29, 0.717) is 11.2 Å². The highest BCUT2D eigenvalue weighted by atomic mass is 16.2. The lowest BCUT2D eigenvalue weighted by Crippen LogP contribution is -2.40. The van der Waals surface area contributed by atoms with Gasteiger partial charge in [0.1, 0.15) is 6.54 Å². The normalized spacial score (nSPS) is 16.6. The average molecular weight is 322 g/mol. The van der Waals surface area contributed by atoms with Crippen molar-refractivity contribution >= 4 is 22.8 Å². The molecule has 1 aromatic carbocycles. The molecule has 0 radical (unpaired) electrons. The molecule has 3 heterocycles. The second-order valence-corrected chi connectivity index (χ2v) is 6.22. The van der Waals surface area contributed by atoms with E-state index in [1.165, 1.54) is 14.7 Å². The van der Waals surface area contributed by atoms with E-state index in [9.17, 15) is 9.59 Å². The first kappa shape index (κ1) is 14.7. The summed E-state index contributed by atoms with van der Waals surface area (Å²) in [6, 6.07) is 11.6. The first-order chi connectivity index (χ1) is 11.6. The van der Waals surface area contributed by atoms with Crippen molar-refractivity contribution in [1.29, 1.82) is 0 Å². The molecule has 0 saturated carbocycles. The summed E-state index contributed by atoms with van der Waals surface area (Å²) < 4.78 is 2.97. The van der Waals surface area contributed by atoms with E-state index in [1.54, 1.807) is 24.2 Å². The van der Waals surface area contributed by atoms with Gasteiger partial charge in [-0.25, -0.2) is 9.78 Å². The van der Waals surface area contributed by atoms with Crippen LogP contribution in [0.1, 0.15) is 12.5 Å². The molecule has 6 nitrogen and oxygen atoms in total. The summed E-state index contributed by atoms with van der Waals surface area (Å²) in [7, 11) is 1.67. The molecule has 0 aliphatic carbocycles. The Morgan fingerprint density at radius 2 is 2.04 bits per heavy atom. The maximum absolute atomic E-state index is 12.9. The highest BCUT2D eigenvalue weighted by molar-refractivity contribution is 5.96. The molecular weight excluding hydrogens is 304 g/mol. The molecule has 2 aromatic heterocycles. The van der Waals surface area contributed by atoms with Gasteiger partial charge in [0, 0.05) is 25.0 Å². The van der Waals surface area contributed by atoms with Crippen molar-refractivity contribution in [2.75, 3.05) is 4.90 Å². The zero-order valence-electron chi connectivity index (χ0n) is 13.6. The largest absolute Gasteiger partial charge is 0.330 e. The zero-order valence-corrected chi connectivity index (χ0v) is 13.6. The summed E-state index contributed by atoms with van der Waals surface area (Å²) in [5, 5.41) is 0. The number of aromatic nitrogens is 3. The number of carbonyl (C=O) groups is 1. The second kappa shape index (κ2) is 5.33. The van der Waals surface area contributed by atoms with Crippen molar-refractivity contribution in [1.82, 2.24) is 14.1 Å². The molecule has 1 aliphatic rings. The van der Waals surface area contributed by atoms with Gasteiger partial charge in [0.25, 0.3) is 0 Å². The molecule has 0 bridgehead atoms. The molecule has 0 N–H and O–H groups in total. The van der Waals surface area contributed by atoms with Gasteiger partial charge in [-0.05, 0) is 37.1 Å². The minimum Gasteiger partial charge on any atom is -0.307 e. The third kappa shape index (κ3) is 2.06. The molecule has 3 aromatic rings. The number of carbonyl (C=O) groups excluding carboxylic acids is 1. The first-order valence-electron chi connectivity index (χ1n) is 7.98. The molecule has 1 amide bonds. The van der Waals surface area contributed by atoms with Gasteiger partial charge in [0.2, 0.25) is 5.91 Å². The monoisotopic (exact) mass is 322 g/mol. The minimum atomic E-state index is -0.225. The van der Waals surface area contributed by atoms with Crippen LogP contribution < -0.4 is 10.6 Å². The number of anilines is 1. The Hall–Kier alpha value is -2.89. The number of hydrogen-bond acceptors (Lipinski definition) is 3. The number of fused-ring (bicyclic) bond motifs is 2. The zero-order chi connectivity index (χ0) is 16.8. The van der Waals surface area contributed by atoms with Crippen molar-refractivity contribution in [3.05, 3.63) is 58.6 Å². The molecule has 0 fully saturated rings. The lowest BCUT2D eigenvalue weighted by Gasteiger charge is -2.22. The van der Waals surface area contributed by atoms with Crippen molar-refractivity contribution in [2.24, 2.45) is 7.05 Å². The van der Waals surface area contributed by atoms with Crippen LogP contribution in [0, 0.1) is 0 Å². The fourth-order valence-electron chi connectivity index (χ4n) is 3.54. The molecule has 24 heavy (non-hydrogen) atoms. The Morgan fingerprint density at radius 1 is 1.25 bits per heavy atom. The van der Waals surface area contributed by atoms with Gasteiger partial charge in [0.05, 0.1) is 5.52 Å². The van der Waals surface area contributed by atoms with Crippen LogP contribution in [0.4, 0.5) is 5.69 Å². The van der Waals surface area contributed by atoms with E-state index in [4.69, 9.17) is 0 Å². The standard InChI is InChI=1S/C18H18N4O2/c1-12-10-13-6-3-4-7-14(13)22(12)16(23)11-21-15-8-5-9-19-17(15)20(2)18(21)24/h3-9,12H,10-11H2,1-2H3. The summed E-state index contributed by atoms with van der Waals surface area (Å²) >= 11 is 0. The van der Waals surface area contributed by atoms with Crippen molar-refractivity contribution in [3.8, 4) is 0 Å². The van der Waals surface area contributed by atoms with Crippen molar-refractivity contribution < 1.29 is 4.79 Å². The van der Waals surface area contributed by atoms with Crippen LogP contribution in [0.15, 0.2) is 47.4 Å². The Labute approximate surface area is 139 Å². The van der Waals surface area contributed by atoms with E-state index in [0.717, 1.165) is 12.1 Å². The maximum Gasteiger partial charge on any atom is 0.330 e. The second-order valence-electron chi connectivity index (χ2n) is 6.22. The van der Waals surface area contributed by atoms with Crippen molar-refractivity contribution in [2.45, 2.75) is 25.9 Å². The molecular formula is C18H18N4O2. The van der Waals surface area contributed by atoms with Gasteiger partial charge in [-0.3, -0.25) is 13.9 Å². The molecule has 1 aliphatic heterocycles. The van der Waals surface area contributed by atoms with E-state index in [-0.39, 0.29) is 24.2 Å². The molecule has 1 atom stereocenters. The number of rotatable bonds is 2. The number of hydrogen-bond donors (Lipinski definition) is 0. The number of para-hydroxylation sites is 1. The summed E-state index contributed by atoms with van der Waals surface area (Å²) in [5.74, 6) is -0.0779. The Morgan fingerprint density at radius 3 is 2.88 bits per heavy atom. The third-order valence-electron chi connectivity index (χ3n) is 4.66. The predicted molar refractivity (Wildman–Crippen MR) is 92.1 cm³/mol. The molecule has 4 rings (SSSR count). The summed E-state index contributed by atoms with van der Waals surface area (Å²) in [5.41, 5.74) is 3.16. The fraction of sp³-hybridized carbons (Fsp3) is 0.278. The SMILES string of the molecule is CC1Cc2ccccc2N1C(=O)Cn1c(=O)n(C)c2ncccc21. The van der Waals surface area contributed by atoms with Gasteiger partial charge < -0.3 is 4.90 Å². The van der Waals surface area contributed by atoms with E-state index in [1.807, 2.05) is 37.3 Å². The molecule has 0 saturated heterocycles. The lowest BCUT2D eigenvalue weighted by atomic mass is 10.1. The molecule has 122 valence electrons. The number of benzene rings is 1. The quantitative estimate of drug-likeness (QED) is 0.722. The lowest BCUT2D eigenvalue weighted by molar-refractivity contribution is -0.119. The summed E-state index contributed by atoms with van der Waals surface area (Å²) in [6.45, 7) is 2.05. The number of aryl methyl sites for hydroxylation is 1. The number of amides is 1. The Balaban J connectivity index is 1.74. The van der Waals surface area contributed by atoms with Gasteiger partial charge in [-0.2, -0.15) is 0 Å². The van der Waals surface area contributed by atoms with Gasteiger partial charge in [0.15, 0.2) is 5.65 Å². The van der Waals surface area contributed by atoms with Crippen LogP contribution in [-0.2, 0) is 24.8 Å². The van der Waals surface area contributed by atoms with Crippen LogP contribution in [0.25, 0.3) is 11.2 Å². The fourth-order valence-corrected chi connectivity index (χ4v) is 3.54. The van der Waals surface area contributed by atoms with Gasteiger partial charge in [-0.15, -0.1) is 0 Å². The van der Waals surface area contributed by atoms with Gasteiger partial charge in [-0.1, -0.05) is 18.2 Å². The highest BCUT2D eigenvalue weighted by Gasteiger charge is 2.31. The third-order valence-corrected chi connectivity index (χ3v) is 4.66. The number of imidazole rings is 1. The maximum atomic E-state index is 12.9. The smallest absolute Gasteiger partial charge is 0.307 e. The van der Waals surface area contributed by atoms with Gasteiger partial charge >= 0.3 is 5.69 Å². The number of nitrogens with zero attached hydrogens (tertiary/aromatic N) is 4. The average Bonchev–Trinajstić information content (AvgIpc) is 3.04. The summed E-state index contributed by atoms with van der Waals surface area (Å²) in [6.07, 6.45) is 2.49. The van der Waals surface area contributed by atoms with Crippen LogP contribution >= 0.6 is 0 Å². The molecule has 6 heteroatoms.